The molecule has 0 saturated carbocycles. The molecular weight excluding hydrogens is 406 g/mol. The molecule has 1 unspecified atom stereocenters. The Balaban J connectivity index is 0.000000333. The number of anilines is 1. The number of benzene rings is 2. The van der Waals surface area contributed by atoms with Crippen LogP contribution in [-0.2, 0) is 14.3 Å². The molecule has 2 aromatic carbocycles. The van der Waals surface area contributed by atoms with Gasteiger partial charge in [0.05, 0.1) is 40.7 Å². The fourth-order valence-corrected chi connectivity index (χ4v) is 2.66. The lowest BCUT2D eigenvalue weighted by atomic mass is 10.1. The van der Waals surface area contributed by atoms with E-state index in [2.05, 4.69) is 4.74 Å². The maximum atomic E-state index is 11.8. The van der Waals surface area contributed by atoms with E-state index >= 15 is 0 Å². The number of hydrogen-bond donors (Lipinski definition) is 1. The normalized spacial score (nSPS) is 14.2. The van der Waals surface area contributed by atoms with E-state index < -0.39 is 0 Å². The Morgan fingerprint density at radius 2 is 1.35 bits per heavy atom. The summed E-state index contributed by atoms with van der Waals surface area (Å²) in [4.78, 5) is 13.4. The predicted octanol–water partition coefficient (Wildman–Crippen LogP) is 2.74. The predicted molar refractivity (Wildman–Crippen MR) is 117 cm³/mol. The number of hydrogen-bond acceptors (Lipinski definition) is 8. The van der Waals surface area contributed by atoms with Crippen molar-refractivity contribution >= 4 is 11.6 Å². The summed E-state index contributed by atoms with van der Waals surface area (Å²) in [6.45, 7) is 0.522. The maximum absolute atomic E-state index is 11.8. The van der Waals surface area contributed by atoms with Gasteiger partial charge in [-0.2, -0.15) is 0 Å². The Morgan fingerprint density at radius 1 is 0.839 bits per heavy atom. The fraction of sp³-hybridized carbons (Fsp3) is 0.409. The summed E-state index contributed by atoms with van der Waals surface area (Å²) in [5, 5.41) is 8.99. The molecule has 1 atom stereocenters. The summed E-state index contributed by atoms with van der Waals surface area (Å²) < 4.78 is 29.8. The van der Waals surface area contributed by atoms with Gasteiger partial charge in [0.2, 0.25) is 5.75 Å². The van der Waals surface area contributed by atoms with E-state index in [0.29, 0.717) is 35.2 Å². The van der Waals surface area contributed by atoms with Crippen molar-refractivity contribution in [2.24, 2.45) is 0 Å². The number of nitrogens with zero attached hydrogens (tertiary/aromatic N) is 1. The van der Waals surface area contributed by atoms with Gasteiger partial charge in [-0.1, -0.05) is 12.1 Å². The lowest BCUT2D eigenvalue weighted by molar-refractivity contribution is -0.134. The summed E-state index contributed by atoms with van der Waals surface area (Å²) in [5.41, 5.74) is 0.702. The van der Waals surface area contributed by atoms with Crippen molar-refractivity contribution in [2.75, 3.05) is 61.2 Å². The zero-order chi connectivity index (χ0) is 23.4. The summed E-state index contributed by atoms with van der Waals surface area (Å²) >= 11 is 0. The van der Waals surface area contributed by atoms with E-state index in [9.17, 15) is 4.79 Å². The third-order valence-corrected chi connectivity index (χ3v) is 4.22. The topological polar surface area (TPSA) is 95.9 Å². The van der Waals surface area contributed by atoms with E-state index in [1.54, 1.807) is 55.5 Å². The number of amides is 1. The molecule has 1 heterocycles. The van der Waals surface area contributed by atoms with Crippen LogP contribution in [0.1, 0.15) is 0 Å². The monoisotopic (exact) mass is 437 g/mol. The minimum absolute atomic E-state index is 0.0724. The van der Waals surface area contributed by atoms with Crippen LogP contribution in [0, 0.1) is 0 Å². The molecule has 0 aromatic heterocycles. The first kappa shape index (κ1) is 25.9. The molecule has 172 valence electrons. The highest BCUT2D eigenvalue weighted by Gasteiger charge is 2.38. The molecule has 1 amide bonds. The SMILES string of the molecule is COC.COc1cc(N2CC(OC)C2=O)cc(OC)c1OC.COc1ccccc1O. The highest BCUT2D eigenvalue weighted by molar-refractivity contribution is 6.03. The number of rotatable bonds is 6. The molecule has 9 heteroatoms. The summed E-state index contributed by atoms with van der Waals surface area (Å²) in [6, 6.07) is 10.3. The van der Waals surface area contributed by atoms with Gasteiger partial charge in [-0.3, -0.25) is 4.79 Å². The molecule has 31 heavy (non-hydrogen) atoms. The highest BCUT2D eigenvalue weighted by atomic mass is 16.5. The Bertz CT molecular complexity index is 802. The number of carbonyl (C=O) groups is 1. The zero-order valence-corrected chi connectivity index (χ0v) is 19.0. The molecule has 1 saturated heterocycles. The van der Waals surface area contributed by atoms with Crippen molar-refractivity contribution in [1.82, 2.24) is 0 Å². The molecule has 0 radical (unpaired) electrons. The second-order valence-corrected chi connectivity index (χ2v) is 6.14. The minimum Gasteiger partial charge on any atom is -0.504 e. The van der Waals surface area contributed by atoms with Gasteiger partial charge in [0.25, 0.3) is 5.91 Å². The standard InChI is InChI=1S/C13H17NO5.C7H8O2.C2H6O/c1-16-9-5-8(6-10(17-2)12(9)19-4)14-7-11(18-3)13(14)15;1-9-7-5-3-2-4-6(7)8;1-3-2/h5-6,11H,7H2,1-4H3;2-5,8H,1H3;1-2H3. The van der Waals surface area contributed by atoms with Crippen LogP contribution in [0.2, 0.25) is 0 Å². The Kier molecular flexibility index (Phi) is 11.0. The van der Waals surface area contributed by atoms with Crippen molar-refractivity contribution in [3.8, 4) is 28.7 Å². The lowest BCUT2D eigenvalue weighted by Crippen LogP contribution is -2.57. The van der Waals surface area contributed by atoms with Crippen molar-refractivity contribution in [3.63, 3.8) is 0 Å². The van der Waals surface area contributed by atoms with Crippen molar-refractivity contribution < 1.29 is 38.3 Å². The fourth-order valence-electron chi connectivity index (χ4n) is 2.66. The Labute approximate surface area is 183 Å². The van der Waals surface area contributed by atoms with E-state index in [4.69, 9.17) is 28.8 Å². The number of para-hydroxylation sites is 2. The average Bonchev–Trinajstić information content (AvgIpc) is 2.78. The van der Waals surface area contributed by atoms with Gasteiger partial charge >= 0.3 is 0 Å². The minimum atomic E-state index is -0.362. The molecular formula is C22H31NO8. The van der Waals surface area contributed by atoms with Crippen LogP contribution >= 0.6 is 0 Å². The largest absolute Gasteiger partial charge is 0.504 e. The van der Waals surface area contributed by atoms with Gasteiger partial charge in [0.15, 0.2) is 29.1 Å². The second kappa shape index (κ2) is 13.2. The van der Waals surface area contributed by atoms with Crippen molar-refractivity contribution in [3.05, 3.63) is 36.4 Å². The van der Waals surface area contributed by atoms with Crippen LogP contribution < -0.4 is 23.8 Å². The van der Waals surface area contributed by atoms with Gasteiger partial charge in [-0.15, -0.1) is 0 Å². The van der Waals surface area contributed by atoms with Crippen LogP contribution in [0.25, 0.3) is 0 Å². The smallest absolute Gasteiger partial charge is 0.258 e. The van der Waals surface area contributed by atoms with Crippen LogP contribution in [-0.4, -0.2) is 73.4 Å². The van der Waals surface area contributed by atoms with Gasteiger partial charge < -0.3 is 38.4 Å². The van der Waals surface area contributed by atoms with E-state index in [1.165, 1.54) is 35.5 Å². The molecule has 2 aromatic rings. The first-order valence-electron chi connectivity index (χ1n) is 9.28. The van der Waals surface area contributed by atoms with E-state index in [-0.39, 0.29) is 17.8 Å². The third kappa shape index (κ3) is 6.66. The average molecular weight is 437 g/mol. The van der Waals surface area contributed by atoms with Crippen LogP contribution in [0.4, 0.5) is 5.69 Å². The number of β-lactam (4-membered cyclic amide) rings is 1. The summed E-state index contributed by atoms with van der Waals surface area (Å²) in [7, 11) is 10.9. The van der Waals surface area contributed by atoms with E-state index in [0.717, 1.165) is 0 Å². The Hall–Kier alpha value is -3.17. The van der Waals surface area contributed by atoms with Crippen LogP contribution in [0.3, 0.4) is 0 Å². The van der Waals surface area contributed by atoms with Gasteiger partial charge in [-0.25, -0.2) is 0 Å². The molecule has 1 fully saturated rings. The number of ether oxygens (including phenoxy) is 6. The molecule has 9 nitrogen and oxygen atoms in total. The van der Waals surface area contributed by atoms with Gasteiger partial charge in [0.1, 0.15) is 0 Å². The lowest BCUT2D eigenvalue weighted by Gasteiger charge is -2.37. The van der Waals surface area contributed by atoms with Gasteiger partial charge in [-0.05, 0) is 12.1 Å². The zero-order valence-electron chi connectivity index (χ0n) is 19.0. The molecule has 3 rings (SSSR count). The van der Waals surface area contributed by atoms with Crippen molar-refractivity contribution in [2.45, 2.75) is 6.10 Å². The molecule has 1 aliphatic heterocycles. The van der Waals surface area contributed by atoms with Crippen LogP contribution in [0.5, 0.6) is 28.7 Å². The Morgan fingerprint density at radius 3 is 1.71 bits per heavy atom. The van der Waals surface area contributed by atoms with Gasteiger partial charge in [0, 0.05) is 33.5 Å². The number of methoxy groups -OCH3 is 6. The first-order valence-corrected chi connectivity index (χ1v) is 9.28. The summed E-state index contributed by atoms with van der Waals surface area (Å²) in [5.74, 6) is 2.16. The summed E-state index contributed by atoms with van der Waals surface area (Å²) in [6.07, 6.45) is -0.362. The van der Waals surface area contributed by atoms with E-state index in [1.807, 2.05) is 0 Å². The maximum Gasteiger partial charge on any atom is 0.258 e. The number of phenolic OH excluding ortho intramolecular Hbond substituents is 1. The molecule has 0 aliphatic carbocycles. The molecule has 0 bridgehead atoms. The quantitative estimate of drug-likeness (QED) is 0.690. The van der Waals surface area contributed by atoms with Crippen LogP contribution in [0.15, 0.2) is 36.4 Å². The molecule has 1 N–H and O–H groups in total. The first-order chi connectivity index (χ1) is 14.9. The van der Waals surface area contributed by atoms with Crippen molar-refractivity contribution in [1.29, 1.82) is 0 Å². The number of phenols is 1. The highest BCUT2D eigenvalue weighted by Crippen LogP contribution is 2.42. The molecule has 0 spiro atoms. The third-order valence-electron chi connectivity index (χ3n) is 4.22. The second-order valence-electron chi connectivity index (χ2n) is 6.14. The number of carbonyl (C=O) groups excluding carboxylic acids is 1. The number of aromatic hydroxyl groups is 1. The molecule has 1 aliphatic rings.